The van der Waals surface area contributed by atoms with E-state index in [9.17, 15) is 14.7 Å². The molecule has 2 rings (SSSR count). The second kappa shape index (κ2) is 11.9. The van der Waals surface area contributed by atoms with Gasteiger partial charge in [-0.2, -0.15) is 0 Å². The molecule has 9 heteroatoms. The molecule has 0 radical (unpaired) electrons. The second-order valence-corrected chi connectivity index (χ2v) is 5.56. The van der Waals surface area contributed by atoms with Crippen molar-refractivity contribution in [1.82, 2.24) is 0 Å². The molecule has 1 aliphatic rings. The van der Waals surface area contributed by atoms with Gasteiger partial charge < -0.3 is 44.5 Å². The normalized spacial score (nSPS) is 12.1. The number of esters is 1. The molecule has 6 nitrogen and oxygen atoms in total. The molecule has 0 bridgehead atoms. The zero-order valence-corrected chi connectivity index (χ0v) is 18.6. The van der Waals surface area contributed by atoms with E-state index >= 15 is 0 Å². The summed E-state index contributed by atoms with van der Waals surface area (Å²) in [6, 6.07) is 0. The van der Waals surface area contributed by atoms with Crippen LogP contribution < -0.4 is 29.6 Å². The quantitative estimate of drug-likeness (QED) is 0.274. The fourth-order valence-electron chi connectivity index (χ4n) is 2.71. The van der Waals surface area contributed by atoms with E-state index in [4.69, 9.17) is 14.6 Å². The number of hydrogen-bond acceptors (Lipinski definition) is 5. The van der Waals surface area contributed by atoms with Crippen LogP contribution in [0.15, 0.2) is 11.6 Å². The maximum atomic E-state index is 11.8. The minimum atomic E-state index is -0.853. The van der Waals surface area contributed by atoms with Gasteiger partial charge in [-0.25, -0.2) is 4.79 Å². The zero-order valence-electron chi connectivity index (χ0n) is 14.9. The van der Waals surface area contributed by atoms with E-state index in [2.05, 4.69) is 0 Å². The van der Waals surface area contributed by atoms with Gasteiger partial charge in [0.1, 0.15) is 23.7 Å². The number of allylic oxidation sites excluding steroid dienone is 2. The first-order valence-electron chi connectivity index (χ1n) is 7.32. The van der Waals surface area contributed by atoms with Gasteiger partial charge in [0.25, 0.3) is 0 Å². The van der Waals surface area contributed by atoms with Crippen molar-refractivity contribution >= 4 is 49.7 Å². The number of methoxy groups -OCH3 is 1. The Labute approximate surface area is 194 Å². The van der Waals surface area contributed by atoms with E-state index < -0.39 is 11.9 Å². The Morgan fingerprint density at radius 1 is 1.31 bits per heavy atom. The Hall–Kier alpha value is -0.660. The van der Waals surface area contributed by atoms with Gasteiger partial charge in [0.05, 0.1) is 7.11 Å². The molecule has 0 aliphatic carbocycles. The first-order valence-corrected chi connectivity index (χ1v) is 7.32. The first kappa shape index (κ1) is 27.6. The van der Waals surface area contributed by atoms with Crippen LogP contribution in [0.3, 0.4) is 0 Å². The van der Waals surface area contributed by atoms with Crippen molar-refractivity contribution in [2.75, 3.05) is 7.11 Å². The summed E-state index contributed by atoms with van der Waals surface area (Å²) in [5.41, 5.74) is 3.04. The molecule has 0 saturated carbocycles. The predicted octanol–water partition coefficient (Wildman–Crippen LogP) is -3.64. The Morgan fingerprint density at radius 2 is 1.92 bits per heavy atom. The molecule has 0 amide bonds. The van der Waals surface area contributed by atoms with Gasteiger partial charge >= 0.3 is 49.7 Å². The van der Waals surface area contributed by atoms with E-state index in [1.807, 2.05) is 19.9 Å². The number of benzene rings is 1. The van der Waals surface area contributed by atoms with Gasteiger partial charge in [0, 0.05) is 17.5 Å². The third kappa shape index (κ3) is 5.92. The van der Waals surface area contributed by atoms with Gasteiger partial charge in [0.15, 0.2) is 0 Å². The number of halogens is 2. The molecule has 26 heavy (non-hydrogen) atoms. The number of carbonyl (C=O) groups excluding carboxylic acids is 1. The summed E-state index contributed by atoms with van der Waals surface area (Å²) in [4.78, 5) is 22.4. The van der Waals surface area contributed by atoms with E-state index in [0.717, 1.165) is 11.1 Å². The number of carboxylic acid groups (broad SMARTS) is 1. The van der Waals surface area contributed by atoms with Crippen LogP contribution in [0.5, 0.6) is 11.5 Å². The number of carbonyl (C=O) groups is 2. The van der Waals surface area contributed by atoms with Crippen molar-refractivity contribution in [3.05, 3.63) is 33.9 Å². The van der Waals surface area contributed by atoms with Crippen LogP contribution in [0.4, 0.5) is 0 Å². The van der Waals surface area contributed by atoms with Gasteiger partial charge in [-0.15, -0.1) is 0 Å². The first-order chi connectivity index (χ1) is 10.9. The van der Waals surface area contributed by atoms with Gasteiger partial charge in [-0.05, 0) is 32.3 Å². The molecular weight excluding hydrogens is 411 g/mol. The standard InChI is InChI=1S/C17H20O6.Ca.2ClH/c1-9(5-7-13(18)19)4-6-11-15(20)14-12(8-23-17(14)21)10(2)16(11)22-3;;;/h4,20H,5-8H2,1-3H3,(H,18,19);;2*1H/q;+2;;/p-2/b9-4+;;;. The summed E-state index contributed by atoms with van der Waals surface area (Å²) in [6.07, 6.45) is 2.68. The summed E-state index contributed by atoms with van der Waals surface area (Å²) >= 11 is 0. The predicted molar refractivity (Wildman–Crippen MR) is 88.6 cm³/mol. The Bertz CT molecular complexity index is 703. The summed E-state index contributed by atoms with van der Waals surface area (Å²) < 4.78 is 10.4. The number of carboxylic acids is 1. The molecule has 0 unspecified atom stereocenters. The Kier molecular flexibility index (Phi) is 12.6. The fourth-order valence-corrected chi connectivity index (χ4v) is 2.71. The summed E-state index contributed by atoms with van der Waals surface area (Å²) in [5, 5.41) is 19.1. The summed E-state index contributed by atoms with van der Waals surface area (Å²) in [7, 11) is 1.51. The molecule has 1 aromatic carbocycles. The third-order valence-electron chi connectivity index (χ3n) is 4.04. The number of aliphatic carboxylic acids is 1. The van der Waals surface area contributed by atoms with E-state index in [0.29, 0.717) is 29.7 Å². The number of ether oxygens (including phenoxy) is 2. The Morgan fingerprint density at radius 3 is 2.46 bits per heavy atom. The van der Waals surface area contributed by atoms with Crippen LogP contribution in [-0.2, 0) is 22.6 Å². The van der Waals surface area contributed by atoms with Crippen molar-refractivity contribution in [3.8, 4) is 11.5 Å². The fraction of sp³-hybridized carbons (Fsp3) is 0.412. The van der Waals surface area contributed by atoms with Crippen LogP contribution in [-0.4, -0.2) is 67.0 Å². The molecule has 1 aliphatic heterocycles. The molecule has 0 spiro atoms. The number of fused-ring (bicyclic) bond motifs is 1. The average Bonchev–Trinajstić information content (AvgIpc) is 2.89. The topological polar surface area (TPSA) is 93.1 Å². The maximum Gasteiger partial charge on any atom is 2.00 e. The minimum absolute atomic E-state index is 0. The number of phenolic OH excluding ortho intramolecular Hbond substituents is 1. The van der Waals surface area contributed by atoms with E-state index in [1.54, 1.807) is 0 Å². The molecule has 0 fully saturated rings. The van der Waals surface area contributed by atoms with Crippen molar-refractivity contribution in [3.63, 3.8) is 0 Å². The average molecular weight is 431 g/mol. The third-order valence-corrected chi connectivity index (χ3v) is 4.04. The molecule has 0 saturated heterocycles. The number of aromatic hydroxyl groups is 1. The van der Waals surface area contributed by atoms with Crippen LogP contribution in [0, 0.1) is 6.92 Å². The van der Waals surface area contributed by atoms with E-state index in [-0.39, 0.29) is 86.9 Å². The number of cyclic esters (lactones) is 1. The molecular formula is C17H20CaCl2O6. The van der Waals surface area contributed by atoms with Crippen LogP contribution >= 0.6 is 0 Å². The molecule has 1 aromatic rings. The van der Waals surface area contributed by atoms with Crippen molar-refractivity contribution < 1.29 is 54.1 Å². The van der Waals surface area contributed by atoms with Crippen molar-refractivity contribution in [1.29, 1.82) is 0 Å². The Balaban J connectivity index is 0. The van der Waals surface area contributed by atoms with Gasteiger partial charge in [-0.1, -0.05) is 11.6 Å². The number of hydrogen-bond donors (Lipinski definition) is 2. The SMILES string of the molecule is COc1c(C)c2c(c(O)c1C/C=C(\C)CCC(=O)O)C(=O)OC2.[Ca+2].[Cl-].[Cl-]. The summed E-state index contributed by atoms with van der Waals surface area (Å²) in [5.74, 6) is -0.973. The smallest absolute Gasteiger partial charge is 1.00 e. The molecule has 0 atom stereocenters. The minimum Gasteiger partial charge on any atom is -1.00 e. The molecule has 0 aromatic heterocycles. The van der Waals surface area contributed by atoms with Crippen LogP contribution in [0.25, 0.3) is 0 Å². The maximum absolute atomic E-state index is 11.8. The van der Waals surface area contributed by atoms with Gasteiger partial charge in [-0.3, -0.25) is 4.79 Å². The molecule has 1 heterocycles. The van der Waals surface area contributed by atoms with Crippen molar-refractivity contribution in [2.45, 2.75) is 39.7 Å². The monoisotopic (exact) mass is 430 g/mol. The largest absolute Gasteiger partial charge is 2.00 e. The number of phenols is 1. The second-order valence-electron chi connectivity index (χ2n) is 5.56. The number of rotatable bonds is 6. The van der Waals surface area contributed by atoms with Gasteiger partial charge in [0.2, 0.25) is 0 Å². The molecule has 2 N–H and O–H groups in total. The van der Waals surface area contributed by atoms with Crippen LogP contribution in [0.1, 0.15) is 46.8 Å². The van der Waals surface area contributed by atoms with Crippen LogP contribution in [0.2, 0.25) is 0 Å². The van der Waals surface area contributed by atoms with Crippen molar-refractivity contribution in [2.24, 2.45) is 0 Å². The van der Waals surface area contributed by atoms with E-state index in [1.165, 1.54) is 7.11 Å². The summed E-state index contributed by atoms with van der Waals surface area (Å²) in [6.45, 7) is 3.79. The molecule has 140 valence electrons. The zero-order chi connectivity index (χ0) is 17.1.